The summed E-state index contributed by atoms with van der Waals surface area (Å²) in [5.41, 5.74) is -0.787. The van der Waals surface area contributed by atoms with Crippen molar-refractivity contribution in [1.82, 2.24) is 4.98 Å². The number of nitrogens with zero attached hydrogens (tertiary/aromatic N) is 1. The molecule has 1 nitrogen and oxygen atoms in total. The summed E-state index contributed by atoms with van der Waals surface area (Å²) in [7, 11) is 0. The number of rotatable bonds is 1. The van der Waals surface area contributed by atoms with E-state index in [0.717, 1.165) is 0 Å². The molecule has 2 aromatic rings. The molecular weight excluding hydrogens is 392 g/mol. The van der Waals surface area contributed by atoms with Crippen LogP contribution in [0.5, 0.6) is 0 Å². The lowest BCUT2D eigenvalue weighted by Crippen LogP contribution is -2.08. The van der Waals surface area contributed by atoms with E-state index in [4.69, 9.17) is 58.0 Å². The Labute approximate surface area is 142 Å². The van der Waals surface area contributed by atoms with Gasteiger partial charge in [-0.1, -0.05) is 58.0 Å². The summed E-state index contributed by atoms with van der Waals surface area (Å²) in [6.45, 7) is 0. The highest BCUT2D eigenvalue weighted by Crippen LogP contribution is 2.41. The topological polar surface area (TPSA) is 12.9 Å². The van der Waals surface area contributed by atoms with Crippen molar-refractivity contribution >= 4 is 58.0 Å². The first-order chi connectivity index (χ1) is 9.61. The molecule has 0 spiro atoms. The number of halogens is 8. The third-order valence-electron chi connectivity index (χ3n) is 2.49. The Kier molecular flexibility index (Phi) is 4.86. The van der Waals surface area contributed by atoms with E-state index in [1.54, 1.807) is 0 Å². The molecule has 0 saturated carbocycles. The first-order valence-electron chi connectivity index (χ1n) is 5.19. The van der Waals surface area contributed by atoms with Crippen LogP contribution < -0.4 is 0 Å². The normalized spacial score (nSPS) is 11.8. The standard InChI is InChI=1S/C12H3Cl5F3N/c13-5-3-8(12(18,19)20)21-11(17)9(5)4-1-6(14)10(16)7(15)2-4/h1-3H. The molecule has 1 aromatic heterocycles. The highest BCUT2D eigenvalue weighted by Gasteiger charge is 2.34. The second-order valence-corrected chi connectivity index (χ2v) is 5.86. The van der Waals surface area contributed by atoms with Crippen LogP contribution in [0, 0.1) is 0 Å². The number of benzene rings is 1. The average molecular weight is 395 g/mol. The predicted octanol–water partition coefficient (Wildman–Crippen LogP) is 7.03. The molecule has 0 aliphatic carbocycles. The maximum Gasteiger partial charge on any atom is 0.433 e. The Bertz CT molecular complexity index is 669. The van der Waals surface area contributed by atoms with E-state index in [-0.39, 0.29) is 25.7 Å². The van der Waals surface area contributed by atoms with Crippen LogP contribution >= 0.6 is 58.0 Å². The minimum Gasteiger partial charge on any atom is -0.231 e. The van der Waals surface area contributed by atoms with Crippen molar-refractivity contribution < 1.29 is 13.2 Å². The number of hydrogen-bond acceptors (Lipinski definition) is 1. The summed E-state index contributed by atoms with van der Waals surface area (Å²) in [6.07, 6.45) is -4.65. The molecule has 0 N–H and O–H groups in total. The Hall–Kier alpha value is -0.390. The van der Waals surface area contributed by atoms with Crippen molar-refractivity contribution in [2.45, 2.75) is 6.18 Å². The second kappa shape index (κ2) is 6.01. The van der Waals surface area contributed by atoms with Crippen LogP contribution in [0.3, 0.4) is 0 Å². The zero-order chi connectivity index (χ0) is 15.9. The predicted molar refractivity (Wildman–Crippen MR) is 79.7 cm³/mol. The number of hydrogen-bond donors (Lipinski definition) is 0. The van der Waals surface area contributed by atoms with Crippen molar-refractivity contribution in [3.8, 4) is 11.1 Å². The fourth-order valence-corrected chi connectivity index (χ4v) is 2.84. The number of aromatic nitrogens is 1. The van der Waals surface area contributed by atoms with Crippen LogP contribution in [-0.4, -0.2) is 4.98 Å². The summed E-state index contributed by atoms with van der Waals surface area (Å²) in [4.78, 5) is 3.30. The van der Waals surface area contributed by atoms with Crippen LogP contribution in [0.25, 0.3) is 11.1 Å². The van der Waals surface area contributed by atoms with E-state index < -0.39 is 17.0 Å². The van der Waals surface area contributed by atoms with E-state index in [1.165, 1.54) is 12.1 Å². The highest BCUT2D eigenvalue weighted by atomic mass is 35.5. The zero-order valence-corrected chi connectivity index (χ0v) is 13.5. The molecule has 0 aliphatic rings. The maximum atomic E-state index is 12.6. The summed E-state index contributed by atoms with van der Waals surface area (Å²) in [5, 5.41) is -0.285. The monoisotopic (exact) mass is 393 g/mol. The lowest BCUT2D eigenvalue weighted by molar-refractivity contribution is -0.141. The molecule has 0 aliphatic heterocycles. The van der Waals surface area contributed by atoms with Crippen LogP contribution in [0.1, 0.15) is 5.69 Å². The van der Waals surface area contributed by atoms with Gasteiger partial charge in [-0.05, 0) is 23.8 Å². The molecule has 0 amide bonds. The SMILES string of the molecule is FC(F)(F)c1cc(Cl)c(-c2cc(Cl)c(Cl)c(Cl)c2)c(Cl)n1. The van der Waals surface area contributed by atoms with E-state index in [0.29, 0.717) is 11.6 Å². The average Bonchev–Trinajstić information content (AvgIpc) is 2.33. The van der Waals surface area contributed by atoms with Crippen molar-refractivity contribution in [2.75, 3.05) is 0 Å². The Balaban J connectivity index is 2.66. The van der Waals surface area contributed by atoms with E-state index in [1.807, 2.05) is 0 Å². The van der Waals surface area contributed by atoms with Gasteiger partial charge in [0.2, 0.25) is 0 Å². The van der Waals surface area contributed by atoms with E-state index >= 15 is 0 Å². The summed E-state index contributed by atoms with van der Waals surface area (Å²) in [6, 6.07) is 3.45. The molecule has 2 rings (SSSR count). The van der Waals surface area contributed by atoms with Gasteiger partial charge in [0.15, 0.2) is 0 Å². The quantitative estimate of drug-likeness (QED) is 0.373. The first kappa shape index (κ1) is 17.0. The fraction of sp³-hybridized carbons (Fsp3) is 0.0833. The van der Waals surface area contributed by atoms with Gasteiger partial charge in [0, 0.05) is 5.56 Å². The van der Waals surface area contributed by atoms with Crippen LogP contribution in [-0.2, 0) is 6.18 Å². The lowest BCUT2D eigenvalue weighted by Gasteiger charge is -2.12. The highest BCUT2D eigenvalue weighted by molar-refractivity contribution is 6.48. The van der Waals surface area contributed by atoms with Crippen molar-refractivity contribution in [3.05, 3.63) is 49.1 Å². The van der Waals surface area contributed by atoms with Crippen LogP contribution in [0.2, 0.25) is 25.2 Å². The summed E-state index contributed by atoms with van der Waals surface area (Å²) < 4.78 is 37.9. The van der Waals surface area contributed by atoms with Gasteiger partial charge in [0.05, 0.1) is 20.1 Å². The van der Waals surface area contributed by atoms with Gasteiger partial charge < -0.3 is 0 Å². The van der Waals surface area contributed by atoms with Crippen LogP contribution in [0.15, 0.2) is 18.2 Å². The lowest BCUT2D eigenvalue weighted by atomic mass is 10.1. The Morgan fingerprint density at radius 2 is 1.33 bits per heavy atom. The molecule has 0 unspecified atom stereocenters. The van der Waals surface area contributed by atoms with Gasteiger partial charge in [-0.2, -0.15) is 13.2 Å². The second-order valence-electron chi connectivity index (χ2n) is 3.91. The third kappa shape index (κ3) is 3.51. The molecule has 1 heterocycles. The Morgan fingerprint density at radius 1 is 0.810 bits per heavy atom. The van der Waals surface area contributed by atoms with Gasteiger partial charge in [0.25, 0.3) is 0 Å². The zero-order valence-electron chi connectivity index (χ0n) is 9.70. The minimum absolute atomic E-state index is 0.0896. The molecule has 112 valence electrons. The first-order valence-corrected chi connectivity index (χ1v) is 7.08. The van der Waals surface area contributed by atoms with E-state index in [2.05, 4.69) is 4.98 Å². The van der Waals surface area contributed by atoms with Gasteiger partial charge in [0.1, 0.15) is 10.8 Å². The fourth-order valence-electron chi connectivity index (χ4n) is 1.59. The Morgan fingerprint density at radius 3 is 1.76 bits per heavy atom. The molecule has 1 aromatic carbocycles. The number of alkyl halides is 3. The van der Waals surface area contributed by atoms with Gasteiger partial charge >= 0.3 is 6.18 Å². The van der Waals surface area contributed by atoms with Crippen molar-refractivity contribution in [1.29, 1.82) is 0 Å². The largest absolute Gasteiger partial charge is 0.433 e. The molecule has 0 saturated heterocycles. The molecule has 0 fully saturated rings. The third-order valence-corrected chi connectivity index (χ3v) is 4.26. The van der Waals surface area contributed by atoms with Crippen molar-refractivity contribution in [3.63, 3.8) is 0 Å². The van der Waals surface area contributed by atoms with Crippen LogP contribution in [0.4, 0.5) is 13.2 Å². The molecule has 0 atom stereocenters. The van der Waals surface area contributed by atoms with E-state index in [9.17, 15) is 13.2 Å². The van der Waals surface area contributed by atoms with Gasteiger partial charge in [-0.3, -0.25) is 0 Å². The smallest absolute Gasteiger partial charge is 0.231 e. The molecular formula is C12H3Cl5F3N. The minimum atomic E-state index is -4.65. The summed E-state index contributed by atoms with van der Waals surface area (Å²) >= 11 is 29.2. The number of pyridine rings is 1. The van der Waals surface area contributed by atoms with Gasteiger partial charge in [-0.25, -0.2) is 4.98 Å². The summed E-state index contributed by atoms with van der Waals surface area (Å²) in [5.74, 6) is 0. The molecule has 9 heteroatoms. The molecule has 21 heavy (non-hydrogen) atoms. The molecule has 0 bridgehead atoms. The maximum absolute atomic E-state index is 12.6. The van der Waals surface area contributed by atoms with Gasteiger partial charge in [-0.15, -0.1) is 0 Å². The molecule has 0 radical (unpaired) electrons. The van der Waals surface area contributed by atoms with Crippen molar-refractivity contribution in [2.24, 2.45) is 0 Å².